The fourth-order valence-corrected chi connectivity index (χ4v) is 4.55. The van der Waals surface area contributed by atoms with Crippen molar-refractivity contribution in [3.8, 4) is 28.6 Å². The number of hydrogen-bond acceptors (Lipinski definition) is 6. The Morgan fingerprint density at radius 1 is 1.22 bits per heavy atom. The molecule has 5 rings (SSSR count). The van der Waals surface area contributed by atoms with Gasteiger partial charge in [0.25, 0.3) is 11.8 Å². The maximum atomic E-state index is 12.8. The summed E-state index contributed by atoms with van der Waals surface area (Å²) in [6.45, 7) is 0. The Kier molecular flexibility index (Phi) is 5.65. The van der Waals surface area contributed by atoms with Crippen molar-refractivity contribution in [3.05, 3.63) is 53.2 Å². The van der Waals surface area contributed by atoms with Crippen molar-refractivity contribution in [2.75, 3.05) is 7.05 Å². The first-order valence-electron chi connectivity index (χ1n) is 10.9. The van der Waals surface area contributed by atoms with Crippen LogP contribution in [0.4, 0.5) is 13.2 Å². The summed E-state index contributed by atoms with van der Waals surface area (Å²) in [7, 11) is 1.35. The summed E-state index contributed by atoms with van der Waals surface area (Å²) in [5, 5.41) is 16.4. The van der Waals surface area contributed by atoms with E-state index in [9.17, 15) is 27.9 Å². The minimum atomic E-state index is -4.95. The van der Waals surface area contributed by atoms with E-state index in [1.165, 1.54) is 13.1 Å². The number of H-pyrrole nitrogens is 1. The number of ether oxygens (including phenoxy) is 1. The van der Waals surface area contributed by atoms with Crippen LogP contribution in [-0.2, 0) is 11.2 Å². The third kappa shape index (κ3) is 4.49. The summed E-state index contributed by atoms with van der Waals surface area (Å²) < 4.78 is 47.7. The van der Waals surface area contributed by atoms with E-state index in [0.717, 1.165) is 47.1 Å². The molecule has 0 aliphatic heterocycles. The van der Waals surface area contributed by atoms with E-state index in [4.69, 9.17) is 4.52 Å². The average Bonchev–Trinajstić information content (AvgIpc) is 3.53. The molecule has 0 bridgehead atoms. The highest BCUT2D eigenvalue weighted by molar-refractivity contribution is 5.95. The molecular formula is C24H19F3N4O5. The van der Waals surface area contributed by atoms with Crippen LogP contribution in [0.2, 0.25) is 0 Å². The van der Waals surface area contributed by atoms with E-state index in [-0.39, 0.29) is 35.2 Å². The van der Waals surface area contributed by atoms with Gasteiger partial charge in [0.15, 0.2) is 0 Å². The van der Waals surface area contributed by atoms with Crippen molar-refractivity contribution < 1.29 is 37.1 Å². The Morgan fingerprint density at radius 3 is 2.75 bits per heavy atom. The second kappa shape index (κ2) is 8.70. The van der Waals surface area contributed by atoms with Gasteiger partial charge in [-0.1, -0.05) is 5.16 Å². The lowest BCUT2D eigenvalue weighted by atomic mass is 10.0. The minimum Gasteiger partial charge on any atom is -0.481 e. The van der Waals surface area contributed by atoms with Crippen molar-refractivity contribution in [2.45, 2.75) is 31.5 Å². The smallest absolute Gasteiger partial charge is 0.481 e. The summed E-state index contributed by atoms with van der Waals surface area (Å²) in [6, 6.07) is 8.80. The first-order valence-corrected chi connectivity index (χ1v) is 10.9. The van der Waals surface area contributed by atoms with Crippen molar-refractivity contribution in [2.24, 2.45) is 0 Å². The van der Waals surface area contributed by atoms with Gasteiger partial charge in [-0.3, -0.25) is 9.59 Å². The molecule has 0 fully saturated rings. The molecule has 0 radical (unpaired) electrons. The first-order chi connectivity index (χ1) is 17.1. The number of alkyl halides is 3. The molecule has 2 heterocycles. The number of nitrogens with one attached hydrogen (secondary N) is 2. The molecule has 4 aromatic rings. The van der Waals surface area contributed by atoms with Gasteiger partial charge in [-0.25, -0.2) is 0 Å². The van der Waals surface area contributed by atoms with Crippen LogP contribution in [0.5, 0.6) is 5.75 Å². The monoisotopic (exact) mass is 500 g/mol. The highest BCUT2D eigenvalue weighted by Gasteiger charge is 2.32. The fraction of sp³-hybridized carbons (Fsp3) is 0.250. The van der Waals surface area contributed by atoms with Crippen molar-refractivity contribution in [1.82, 2.24) is 20.4 Å². The summed E-state index contributed by atoms with van der Waals surface area (Å²) in [6.07, 6.45) is -3.42. The van der Waals surface area contributed by atoms with Crippen LogP contribution in [0, 0.1) is 0 Å². The molecule has 1 aliphatic carbocycles. The number of halogens is 3. The van der Waals surface area contributed by atoms with Gasteiger partial charge in [0.1, 0.15) is 5.75 Å². The van der Waals surface area contributed by atoms with Crippen LogP contribution in [0.3, 0.4) is 0 Å². The van der Waals surface area contributed by atoms with E-state index in [1.807, 2.05) is 12.1 Å². The number of carboxylic acid groups (broad SMARTS) is 1. The Morgan fingerprint density at radius 2 is 2.03 bits per heavy atom. The quantitative estimate of drug-likeness (QED) is 0.351. The topological polar surface area (TPSA) is 130 Å². The number of carbonyl (C=O) groups excluding carboxylic acids is 1. The number of aromatic amines is 1. The predicted molar refractivity (Wildman–Crippen MR) is 120 cm³/mol. The average molecular weight is 500 g/mol. The summed E-state index contributed by atoms with van der Waals surface area (Å²) in [5.41, 5.74) is 3.43. The zero-order valence-corrected chi connectivity index (χ0v) is 18.8. The number of hydrogen-bond donors (Lipinski definition) is 3. The molecule has 9 nitrogen and oxygen atoms in total. The van der Waals surface area contributed by atoms with Gasteiger partial charge in [0.2, 0.25) is 5.82 Å². The Bertz CT molecular complexity index is 1490. The van der Waals surface area contributed by atoms with Crippen LogP contribution >= 0.6 is 0 Å². The van der Waals surface area contributed by atoms with Crippen molar-refractivity contribution in [1.29, 1.82) is 0 Å². The van der Waals surface area contributed by atoms with Gasteiger partial charge in [-0.15, -0.1) is 13.2 Å². The third-order valence-electron chi connectivity index (χ3n) is 6.07. The molecule has 0 saturated heterocycles. The first kappa shape index (κ1) is 23.4. The SMILES string of the molecule is CNC(=O)c1cc(OC(F)(F)F)cc(-c2nc(-c3ccc4[nH]c5c(c4c3)CCC5CC(=O)O)no2)c1. The normalized spacial score (nSPS) is 15.2. The number of amides is 1. The number of fused-ring (bicyclic) bond motifs is 3. The Balaban J connectivity index is 1.50. The number of aryl methyl sites for hydroxylation is 1. The lowest BCUT2D eigenvalue weighted by Crippen LogP contribution is -2.20. The van der Waals surface area contributed by atoms with Crippen LogP contribution in [0.25, 0.3) is 33.7 Å². The van der Waals surface area contributed by atoms with Crippen LogP contribution in [0.15, 0.2) is 40.9 Å². The van der Waals surface area contributed by atoms with E-state index in [2.05, 4.69) is 25.2 Å². The zero-order chi connectivity index (χ0) is 25.6. The second-order valence-electron chi connectivity index (χ2n) is 8.41. The molecule has 0 saturated carbocycles. The number of nitrogens with zero attached hydrogens (tertiary/aromatic N) is 2. The van der Waals surface area contributed by atoms with Gasteiger partial charge in [0.05, 0.1) is 6.42 Å². The van der Waals surface area contributed by atoms with Crippen molar-refractivity contribution >= 4 is 22.8 Å². The van der Waals surface area contributed by atoms with Gasteiger partial charge < -0.3 is 24.7 Å². The van der Waals surface area contributed by atoms with Crippen LogP contribution in [-0.4, -0.2) is 45.5 Å². The molecule has 36 heavy (non-hydrogen) atoms. The molecule has 186 valence electrons. The zero-order valence-electron chi connectivity index (χ0n) is 18.8. The second-order valence-corrected chi connectivity index (χ2v) is 8.41. The number of rotatable bonds is 6. The van der Waals surface area contributed by atoms with E-state index in [0.29, 0.717) is 5.56 Å². The van der Waals surface area contributed by atoms with Crippen LogP contribution < -0.4 is 10.1 Å². The number of aliphatic carboxylic acids is 1. The number of aromatic nitrogens is 3. The summed E-state index contributed by atoms with van der Waals surface area (Å²) in [5.74, 6) is -2.04. The molecule has 1 atom stereocenters. The van der Waals surface area contributed by atoms with Gasteiger partial charge in [-0.05, 0) is 54.8 Å². The molecule has 2 aromatic heterocycles. The largest absolute Gasteiger partial charge is 0.573 e. The van der Waals surface area contributed by atoms with Gasteiger partial charge >= 0.3 is 12.3 Å². The van der Waals surface area contributed by atoms with Gasteiger partial charge in [0, 0.05) is 46.3 Å². The van der Waals surface area contributed by atoms with E-state index >= 15 is 0 Å². The third-order valence-corrected chi connectivity index (χ3v) is 6.07. The lowest BCUT2D eigenvalue weighted by molar-refractivity contribution is -0.274. The van der Waals surface area contributed by atoms with Gasteiger partial charge in [-0.2, -0.15) is 4.98 Å². The highest BCUT2D eigenvalue weighted by atomic mass is 19.4. The molecule has 1 unspecified atom stereocenters. The predicted octanol–water partition coefficient (Wildman–Crippen LogP) is 4.65. The maximum absolute atomic E-state index is 12.8. The number of benzene rings is 2. The molecule has 3 N–H and O–H groups in total. The fourth-order valence-electron chi connectivity index (χ4n) is 4.55. The molecule has 1 aliphatic rings. The molecule has 2 aromatic carbocycles. The lowest BCUT2D eigenvalue weighted by Gasteiger charge is -2.11. The van der Waals surface area contributed by atoms with Crippen LogP contribution in [0.1, 0.15) is 40.4 Å². The molecule has 12 heteroatoms. The number of carboxylic acids is 1. The van der Waals surface area contributed by atoms with E-state index in [1.54, 1.807) is 6.07 Å². The molecule has 1 amide bonds. The minimum absolute atomic E-state index is 0.0516. The Hall–Kier alpha value is -4.35. The summed E-state index contributed by atoms with van der Waals surface area (Å²) >= 11 is 0. The maximum Gasteiger partial charge on any atom is 0.573 e. The van der Waals surface area contributed by atoms with E-state index < -0.39 is 24.0 Å². The highest BCUT2D eigenvalue weighted by Crippen LogP contribution is 2.40. The summed E-state index contributed by atoms with van der Waals surface area (Å²) in [4.78, 5) is 30.9. The standard InChI is InChI=1S/C24H19F3N4O5/c1-28-22(34)13-6-14(8-15(7-13)35-24(25,26)27)23-30-21(31-36-23)12-3-5-18-17(9-12)16-4-2-11(10-19(32)33)20(16)29-18/h3,5-9,11,29H,2,4,10H2,1H3,(H,28,34)(H,32,33). The molecular weight excluding hydrogens is 481 g/mol. The van der Waals surface area contributed by atoms with Crippen molar-refractivity contribution in [3.63, 3.8) is 0 Å². The molecule has 0 spiro atoms. The number of carbonyl (C=O) groups is 2. The Labute approximate surface area is 201 Å².